The second-order valence-corrected chi connectivity index (χ2v) is 6.08. The van der Waals surface area contributed by atoms with Crippen LogP contribution in [-0.4, -0.2) is 36.7 Å². The maximum absolute atomic E-state index is 12.0. The van der Waals surface area contributed by atoms with Gasteiger partial charge in [-0.3, -0.25) is 4.79 Å². The highest BCUT2D eigenvalue weighted by molar-refractivity contribution is 8.00. The minimum atomic E-state index is -0.125. The number of rotatable bonds is 5. The van der Waals surface area contributed by atoms with Gasteiger partial charge in [-0.15, -0.1) is 0 Å². The molecule has 2 rings (SSSR count). The Kier molecular flexibility index (Phi) is 4.93. The van der Waals surface area contributed by atoms with E-state index in [1.807, 2.05) is 24.8 Å². The summed E-state index contributed by atoms with van der Waals surface area (Å²) >= 11 is 1.81. The number of nitrogens with one attached hydrogen (secondary N) is 1. The predicted octanol–water partition coefficient (Wildman–Crippen LogP) is 2.48. The van der Waals surface area contributed by atoms with Crippen molar-refractivity contribution in [3.8, 4) is 0 Å². The molecule has 0 unspecified atom stereocenters. The molecule has 0 radical (unpaired) electrons. The van der Waals surface area contributed by atoms with Crippen molar-refractivity contribution in [3.05, 3.63) is 23.7 Å². The molecule has 19 heavy (non-hydrogen) atoms. The van der Waals surface area contributed by atoms with Gasteiger partial charge in [-0.05, 0) is 31.2 Å². The Balaban J connectivity index is 1.91. The average molecular weight is 283 g/mol. The van der Waals surface area contributed by atoms with Crippen LogP contribution < -0.4 is 5.32 Å². The van der Waals surface area contributed by atoms with E-state index < -0.39 is 0 Å². The first-order valence-electron chi connectivity index (χ1n) is 6.69. The van der Waals surface area contributed by atoms with Crippen LogP contribution in [0.4, 0.5) is 0 Å². The number of carbonyl (C=O) groups is 1. The minimum Gasteiger partial charge on any atom is -0.456 e. The quantitative estimate of drug-likeness (QED) is 0.902. The maximum Gasteiger partial charge on any atom is 0.287 e. The Morgan fingerprint density at radius 1 is 1.42 bits per heavy atom. The fourth-order valence-corrected chi connectivity index (χ4v) is 3.01. The number of aryl methyl sites for hydroxylation is 1. The minimum absolute atomic E-state index is 0.105. The average Bonchev–Trinajstić information content (AvgIpc) is 2.95. The highest BCUT2D eigenvalue weighted by atomic mass is 32.2. The number of furan rings is 1. The molecule has 4 nitrogen and oxygen atoms in total. The fraction of sp³-hybridized carbons (Fsp3) is 0.643. The number of hydrogen-bond donors (Lipinski definition) is 1. The topological polar surface area (TPSA) is 51.5 Å². The molecule has 2 heterocycles. The molecule has 1 N–H and O–H groups in total. The van der Waals surface area contributed by atoms with Crippen LogP contribution in [0.1, 0.15) is 36.1 Å². The van der Waals surface area contributed by atoms with Gasteiger partial charge >= 0.3 is 0 Å². The lowest BCUT2D eigenvalue weighted by Crippen LogP contribution is -2.44. The van der Waals surface area contributed by atoms with Crippen molar-refractivity contribution in [2.24, 2.45) is 0 Å². The van der Waals surface area contributed by atoms with E-state index in [1.54, 1.807) is 6.07 Å². The SMILES string of the molecule is CCc1ccc(C(=O)NCC2(SC)CCOCC2)o1. The summed E-state index contributed by atoms with van der Waals surface area (Å²) < 4.78 is 11.0. The summed E-state index contributed by atoms with van der Waals surface area (Å²) in [5, 5.41) is 2.99. The Labute approximate surface area is 118 Å². The molecule has 1 saturated heterocycles. The van der Waals surface area contributed by atoms with Gasteiger partial charge in [0.05, 0.1) is 0 Å². The van der Waals surface area contributed by atoms with Crippen molar-refractivity contribution in [2.75, 3.05) is 26.0 Å². The summed E-state index contributed by atoms with van der Waals surface area (Å²) in [5.74, 6) is 1.12. The Morgan fingerprint density at radius 2 is 2.16 bits per heavy atom. The summed E-state index contributed by atoms with van der Waals surface area (Å²) in [4.78, 5) is 12.0. The molecule has 0 bridgehead atoms. The molecule has 1 amide bonds. The van der Waals surface area contributed by atoms with Gasteiger partial charge in [-0.2, -0.15) is 11.8 Å². The van der Waals surface area contributed by atoms with Crippen LogP contribution in [0.25, 0.3) is 0 Å². The van der Waals surface area contributed by atoms with Crippen molar-refractivity contribution >= 4 is 17.7 Å². The predicted molar refractivity (Wildman–Crippen MR) is 76.7 cm³/mol. The van der Waals surface area contributed by atoms with E-state index in [-0.39, 0.29) is 10.7 Å². The van der Waals surface area contributed by atoms with Gasteiger partial charge < -0.3 is 14.5 Å². The maximum atomic E-state index is 12.0. The zero-order valence-electron chi connectivity index (χ0n) is 11.5. The molecule has 1 aliphatic heterocycles. The van der Waals surface area contributed by atoms with Crippen LogP contribution in [0.3, 0.4) is 0 Å². The Bertz CT molecular complexity index is 424. The summed E-state index contributed by atoms with van der Waals surface area (Å²) in [6.45, 7) is 4.22. The Morgan fingerprint density at radius 3 is 2.74 bits per heavy atom. The number of hydrogen-bond acceptors (Lipinski definition) is 4. The lowest BCUT2D eigenvalue weighted by atomic mass is 9.99. The van der Waals surface area contributed by atoms with E-state index in [4.69, 9.17) is 9.15 Å². The van der Waals surface area contributed by atoms with Crippen LogP contribution in [0.15, 0.2) is 16.5 Å². The number of amides is 1. The first-order chi connectivity index (χ1) is 9.19. The van der Waals surface area contributed by atoms with Crippen molar-refractivity contribution in [3.63, 3.8) is 0 Å². The largest absolute Gasteiger partial charge is 0.456 e. The molecular formula is C14H21NO3S. The lowest BCUT2D eigenvalue weighted by Gasteiger charge is -2.35. The van der Waals surface area contributed by atoms with E-state index in [2.05, 4.69) is 11.6 Å². The van der Waals surface area contributed by atoms with Gasteiger partial charge in [0.25, 0.3) is 5.91 Å². The van der Waals surface area contributed by atoms with E-state index in [0.717, 1.165) is 38.2 Å². The monoisotopic (exact) mass is 283 g/mol. The van der Waals surface area contributed by atoms with Gasteiger partial charge in [0.1, 0.15) is 5.76 Å². The number of carbonyl (C=O) groups excluding carboxylic acids is 1. The summed E-state index contributed by atoms with van der Waals surface area (Å²) in [5.41, 5.74) is 0. The van der Waals surface area contributed by atoms with E-state index in [0.29, 0.717) is 12.3 Å². The lowest BCUT2D eigenvalue weighted by molar-refractivity contribution is 0.0735. The van der Waals surface area contributed by atoms with Gasteiger partial charge in [0, 0.05) is 30.9 Å². The van der Waals surface area contributed by atoms with Gasteiger partial charge in [0.15, 0.2) is 5.76 Å². The third kappa shape index (κ3) is 3.54. The number of thioether (sulfide) groups is 1. The van der Waals surface area contributed by atoms with Crippen LogP contribution in [0, 0.1) is 0 Å². The van der Waals surface area contributed by atoms with Crippen molar-refractivity contribution in [2.45, 2.75) is 30.9 Å². The molecular weight excluding hydrogens is 262 g/mol. The highest BCUT2D eigenvalue weighted by Gasteiger charge is 2.32. The van der Waals surface area contributed by atoms with Crippen molar-refractivity contribution in [1.29, 1.82) is 0 Å². The van der Waals surface area contributed by atoms with Crippen LogP contribution >= 0.6 is 11.8 Å². The van der Waals surface area contributed by atoms with Gasteiger partial charge in [0.2, 0.25) is 0 Å². The van der Waals surface area contributed by atoms with Gasteiger partial charge in [-0.1, -0.05) is 6.92 Å². The third-order valence-electron chi connectivity index (χ3n) is 3.64. The molecule has 1 aliphatic rings. The van der Waals surface area contributed by atoms with Crippen LogP contribution in [0.5, 0.6) is 0 Å². The Hall–Kier alpha value is -0.940. The second kappa shape index (κ2) is 6.48. The molecule has 0 saturated carbocycles. The first-order valence-corrected chi connectivity index (χ1v) is 7.91. The molecule has 1 aromatic heterocycles. The van der Waals surface area contributed by atoms with Gasteiger partial charge in [-0.25, -0.2) is 0 Å². The third-order valence-corrected chi connectivity index (χ3v) is 5.06. The van der Waals surface area contributed by atoms with Crippen molar-refractivity contribution < 1.29 is 13.9 Å². The zero-order valence-corrected chi connectivity index (χ0v) is 12.3. The summed E-state index contributed by atoms with van der Waals surface area (Å²) in [7, 11) is 0. The molecule has 106 valence electrons. The molecule has 1 fully saturated rings. The molecule has 0 spiro atoms. The molecule has 0 aromatic carbocycles. The molecule has 5 heteroatoms. The normalized spacial score (nSPS) is 18.2. The zero-order chi connectivity index (χ0) is 13.7. The first kappa shape index (κ1) is 14.5. The van der Waals surface area contributed by atoms with E-state index in [9.17, 15) is 4.79 Å². The second-order valence-electron chi connectivity index (χ2n) is 4.80. The van der Waals surface area contributed by atoms with E-state index >= 15 is 0 Å². The van der Waals surface area contributed by atoms with E-state index in [1.165, 1.54) is 0 Å². The van der Waals surface area contributed by atoms with Crippen LogP contribution in [0.2, 0.25) is 0 Å². The van der Waals surface area contributed by atoms with Crippen LogP contribution in [-0.2, 0) is 11.2 Å². The molecule has 0 atom stereocenters. The van der Waals surface area contributed by atoms with Crippen molar-refractivity contribution in [1.82, 2.24) is 5.32 Å². The smallest absolute Gasteiger partial charge is 0.287 e. The summed E-state index contributed by atoms with van der Waals surface area (Å²) in [6, 6.07) is 3.59. The standard InChI is InChI=1S/C14H21NO3S/c1-3-11-4-5-12(18-11)13(16)15-10-14(19-2)6-8-17-9-7-14/h4-5H,3,6-10H2,1-2H3,(H,15,16). The molecule has 1 aromatic rings. The summed E-state index contributed by atoms with van der Waals surface area (Å²) in [6.07, 6.45) is 4.86. The fourth-order valence-electron chi connectivity index (χ4n) is 2.21. The number of ether oxygens (including phenoxy) is 1. The molecule has 0 aliphatic carbocycles. The highest BCUT2D eigenvalue weighted by Crippen LogP contribution is 2.33.